The van der Waals surface area contributed by atoms with Crippen LogP contribution in [0.15, 0.2) is 46.1 Å². The van der Waals surface area contributed by atoms with Crippen molar-refractivity contribution >= 4 is 22.8 Å². The maximum atomic E-state index is 13.5. The van der Waals surface area contributed by atoms with Crippen molar-refractivity contribution in [3.63, 3.8) is 0 Å². The van der Waals surface area contributed by atoms with Crippen LogP contribution >= 0.6 is 11.6 Å². The smallest absolute Gasteiger partial charge is 0.332 e. The molecule has 0 saturated heterocycles. The zero-order valence-corrected chi connectivity index (χ0v) is 20.5. The van der Waals surface area contributed by atoms with Crippen LogP contribution in [0.3, 0.4) is 0 Å². The molecule has 0 atom stereocenters. The predicted octanol–water partition coefficient (Wildman–Crippen LogP) is 3.47. The molecular weight excluding hydrogens is 454 g/mol. The van der Waals surface area contributed by atoms with Crippen molar-refractivity contribution in [2.24, 2.45) is 7.05 Å². The molecule has 178 valence electrons. The van der Waals surface area contributed by atoms with Gasteiger partial charge in [0.05, 0.1) is 17.3 Å². The van der Waals surface area contributed by atoms with Crippen LogP contribution in [0.2, 0.25) is 5.02 Å². The average Bonchev–Trinajstić information content (AvgIpc) is 3.19. The third kappa shape index (κ3) is 4.31. The van der Waals surface area contributed by atoms with Crippen LogP contribution in [-0.2, 0) is 20.1 Å². The Labute approximate surface area is 202 Å². The molecule has 1 N–H and O–H groups in total. The maximum absolute atomic E-state index is 13.5. The van der Waals surface area contributed by atoms with Crippen molar-refractivity contribution in [1.82, 2.24) is 23.7 Å². The summed E-state index contributed by atoms with van der Waals surface area (Å²) in [6, 6.07) is 9.92. The molecule has 0 unspecified atom stereocenters. The molecule has 34 heavy (non-hydrogen) atoms. The number of hydrogen-bond donors (Lipinski definition) is 1. The topological polar surface area (TPSA) is 94.9 Å². The fraction of sp³-hybridized carbons (Fsp3) is 0.360. The van der Waals surface area contributed by atoms with Crippen molar-refractivity contribution < 1.29 is 5.11 Å². The number of hydrogen-bond acceptors (Lipinski definition) is 5. The van der Waals surface area contributed by atoms with Gasteiger partial charge in [-0.1, -0.05) is 43.6 Å². The highest BCUT2D eigenvalue weighted by Gasteiger charge is 2.22. The lowest BCUT2D eigenvalue weighted by Crippen LogP contribution is -2.40. The van der Waals surface area contributed by atoms with E-state index >= 15 is 0 Å². The highest BCUT2D eigenvalue weighted by Crippen LogP contribution is 2.27. The van der Waals surface area contributed by atoms with E-state index in [1.165, 1.54) is 4.57 Å². The van der Waals surface area contributed by atoms with Gasteiger partial charge < -0.3 is 9.67 Å². The second kappa shape index (κ2) is 9.56. The highest BCUT2D eigenvalue weighted by atomic mass is 35.5. The zero-order chi connectivity index (χ0) is 24.6. The van der Waals surface area contributed by atoms with E-state index < -0.39 is 11.2 Å². The van der Waals surface area contributed by atoms with Gasteiger partial charge in [0.15, 0.2) is 11.2 Å². The van der Waals surface area contributed by atoms with Gasteiger partial charge >= 0.3 is 5.69 Å². The normalized spacial score (nSPS) is 11.6. The van der Waals surface area contributed by atoms with Gasteiger partial charge in [0.2, 0.25) is 0 Å². The Morgan fingerprint density at radius 1 is 1.15 bits per heavy atom. The minimum absolute atomic E-state index is 0.117. The van der Waals surface area contributed by atoms with E-state index in [1.54, 1.807) is 13.2 Å². The van der Waals surface area contributed by atoms with Crippen molar-refractivity contribution in [2.75, 3.05) is 6.61 Å². The molecule has 0 spiro atoms. The molecule has 4 rings (SSSR count). The molecule has 1 aromatic carbocycles. The van der Waals surface area contributed by atoms with Gasteiger partial charge in [0.25, 0.3) is 5.56 Å². The minimum Gasteiger partial charge on any atom is -0.396 e. The van der Waals surface area contributed by atoms with Gasteiger partial charge in [-0.3, -0.25) is 18.9 Å². The van der Waals surface area contributed by atoms with E-state index in [0.29, 0.717) is 34.3 Å². The molecule has 0 bridgehead atoms. The Morgan fingerprint density at radius 3 is 2.59 bits per heavy atom. The van der Waals surface area contributed by atoms with Crippen molar-refractivity contribution in [3.8, 4) is 11.4 Å². The Kier molecular flexibility index (Phi) is 6.72. The van der Waals surface area contributed by atoms with Gasteiger partial charge in [-0.05, 0) is 42.5 Å². The molecule has 0 radical (unpaired) electrons. The quantitative estimate of drug-likeness (QED) is 0.436. The van der Waals surface area contributed by atoms with E-state index in [1.807, 2.05) is 29.7 Å². The van der Waals surface area contributed by atoms with Crippen LogP contribution in [0.25, 0.3) is 22.6 Å². The van der Waals surface area contributed by atoms with Gasteiger partial charge in [-0.25, -0.2) is 9.78 Å². The fourth-order valence-electron chi connectivity index (χ4n) is 4.05. The summed E-state index contributed by atoms with van der Waals surface area (Å²) < 4.78 is 4.37. The summed E-state index contributed by atoms with van der Waals surface area (Å²) in [5.74, 6) is 0.900. The first-order valence-electron chi connectivity index (χ1n) is 11.2. The standard InChI is InChI=1S/C25H28ClN5O3/c1-15(2)17-7-5-8-18(12-17)22-28-23-21(24(33)30(9-6-10-32)25(34)29(23)4)31(22)14-19-11-16(3)20(26)13-27-19/h5,7-8,11-13,15,32H,6,9-10,14H2,1-4H3. The molecule has 9 heteroatoms. The first-order valence-corrected chi connectivity index (χ1v) is 11.6. The van der Waals surface area contributed by atoms with Crippen LogP contribution < -0.4 is 11.2 Å². The first kappa shape index (κ1) is 23.9. The molecule has 0 saturated carbocycles. The lowest BCUT2D eigenvalue weighted by atomic mass is 10.0. The van der Waals surface area contributed by atoms with Gasteiger partial charge in [-0.15, -0.1) is 0 Å². The number of pyridine rings is 1. The highest BCUT2D eigenvalue weighted by molar-refractivity contribution is 6.31. The molecule has 0 amide bonds. The number of aryl methyl sites for hydroxylation is 2. The second-order valence-corrected chi connectivity index (χ2v) is 9.18. The molecule has 4 aromatic rings. The van der Waals surface area contributed by atoms with Crippen LogP contribution in [0.5, 0.6) is 0 Å². The molecule has 0 fully saturated rings. The summed E-state index contributed by atoms with van der Waals surface area (Å²) in [5.41, 5.74) is 3.33. The van der Waals surface area contributed by atoms with E-state index in [9.17, 15) is 14.7 Å². The summed E-state index contributed by atoms with van der Waals surface area (Å²) in [4.78, 5) is 35.7. The SMILES string of the molecule is Cc1cc(Cn2c(-c3cccc(C(C)C)c3)nc3c2c(=O)n(CCCO)c(=O)n3C)ncc1Cl. The number of imidazole rings is 1. The molecule has 3 aromatic heterocycles. The van der Waals surface area contributed by atoms with E-state index in [4.69, 9.17) is 16.6 Å². The fourth-order valence-corrected chi connectivity index (χ4v) is 4.16. The third-order valence-electron chi connectivity index (χ3n) is 6.01. The summed E-state index contributed by atoms with van der Waals surface area (Å²) >= 11 is 6.17. The lowest BCUT2D eigenvalue weighted by molar-refractivity contribution is 0.277. The Balaban J connectivity index is 2.03. The maximum Gasteiger partial charge on any atom is 0.332 e. The van der Waals surface area contributed by atoms with Gasteiger partial charge in [-0.2, -0.15) is 0 Å². The average molecular weight is 482 g/mol. The molecule has 0 aliphatic heterocycles. The largest absolute Gasteiger partial charge is 0.396 e. The van der Waals surface area contributed by atoms with Crippen LogP contribution in [-0.4, -0.2) is 35.4 Å². The predicted molar refractivity (Wildman–Crippen MR) is 134 cm³/mol. The molecule has 3 heterocycles. The third-order valence-corrected chi connectivity index (χ3v) is 6.40. The van der Waals surface area contributed by atoms with Gasteiger partial charge in [0.1, 0.15) is 5.82 Å². The van der Waals surface area contributed by atoms with E-state index in [2.05, 4.69) is 31.0 Å². The number of rotatable bonds is 7. The second-order valence-electron chi connectivity index (χ2n) is 8.77. The van der Waals surface area contributed by atoms with Crippen molar-refractivity contribution in [1.29, 1.82) is 0 Å². The number of aliphatic hydroxyl groups is 1. The summed E-state index contributed by atoms with van der Waals surface area (Å²) in [6.07, 6.45) is 1.90. The minimum atomic E-state index is -0.460. The van der Waals surface area contributed by atoms with Crippen LogP contribution in [0.1, 0.15) is 43.0 Å². The molecular formula is C25H28ClN5O3. The number of aliphatic hydroxyl groups excluding tert-OH is 1. The van der Waals surface area contributed by atoms with Crippen LogP contribution in [0.4, 0.5) is 0 Å². The Morgan fingerprint density at radius 2 is 1.91 bits per heavy atom. The van der Waals surface area contributed by atoms with Crippen LogP contribution in [0, 0.1) is 6.92 Å². The van der Waals surface area contributed by atoms with E-state index in [0.717, 1.165) is 27.0 Å². The lowest BCUT2D eigenvalue weighted by Gasteiger charge is -2.12. The number of halogens is 1. The summed E-state index contributed by atoms with van der Waals surface area (Å²) in [5, 5.41) is 9.82. The monoisotopic (exact) mass is 481 g/mol. The Bertz CT molecular complexity index is 1480. The van der Waals surface area contributed by atoms with Crippen molar-refractivity contribution in [3.05, 3.63) is 79.2 Å². The molecule has 0 aliphatic rings. The number of aromatic nitrogens is 5. The zero-order valence-electron chi connectivity index (χ0n) is 19.7. The number of benzene rings is 1. The Hall–Kier alpha value is -3.23. The molecule has 8 nitrogen and oxygen atoms in total. The number of fused-ring (bicyclic) bond motifs is 1. The number of nitrogens with zero attached hydrogens (tertiary/aromatic N) is 5. The first-order chi connectivity index (χ1) is 16.2. The summed E-state index contributed by atoms with van der Waals surface area (Å²) in [7, 11) is 1.61. The summed E-state index contributed by atoms with van der Waals surface area (Å²) in [6.45, 7) is 6.42. The molecule has 0 aliphatic carbocycles. The van der Waals surface area contributed by atoms with Gasteiger partial charge in [0, 0.05) is 32.0 Å². The van der Waals surface area contributed by atoms with E-state index in [-0.39, 0.29) is 19.7 Å². The van der Waals surface area contributed by atoms with Crippen molar-refractivity contribution in [2.45, 2.75) is 46.2 Å².